The number of hydrogen-bond acceptors (Lipinski definition) is 6. The highest BCUT2D eigenvalue weighted by molar-refractivity contribution is 5.94. The number of hydrogen-bond donors (Lipinski definition) is 1. The Morgan fingerprint density at radius 3 is 2.60 bits per heavy atom. The molecular weight excluding hydrogens is 264 g/mol. The van der Waals surface area contributed by atoms with Crippen molar-refractivity contribution in [3.63, 3.8) is 0 Å². The number of carbonyl (C=O) groups excluding carboxylic acids is 1. The number of esters is 1. The van der Waals surface area contributed by atoms with Gasteiger partial charge in [-0.05, 0) is 12.5 Å². The Bertz CT molecular complexity index is 554. The van der Waals surface area contributed by atoms with Gasteiger partial charge in [0.15, 0.2) is 0 Å². The Hall–Kier alpha value is -2.57. The zero-order valence-electron chi connectivity index (χ0n) is 11.6. The molecule has 7 nitrogen and oxygen atoms in total. The van der Waals surface area contributed by atoms with Gasteiger partial charge in [0, 0.05) is 19.2 Å². The average molecular weight is 280 g/mol. The zero-order chi connectivity index (χ0) is 15.3. The van der Waals surface area contributed by atoms with Crippen LogP contribution in [0.3, 0.4) is 0 Å². The second-order valence-electron chi connectivity index (χ2n) is 4.11. The lowest BCUT2D eigenvalue weighted by Crippen LogP contribution is -2.09. The third-order valence-corrected chi connectivity index (χ3v) is 2.44. The van der Waals surface area contributed by atoms with Crippen molar-refractivity contribution in [3.8, 4) is 5.75 Å². The summed E-state index contributed by atoms with van der Waals surface area (Å²) in [6.07, 6.45) is 0. The van der Waals surface area contributed by atoms with Gasteiger partial charge in [-0.2, -0.15) is 0 Å². The number of rotatable bonds is 6. The number of nitro groups is 1. The van der Waals surface area contributed by atoms with E-state index < -0.39 is 10.9 Å². The fourth-order valence-corrected chi connectivity index (χ4v) is 1.51. The zero-order valence-corrected chi connectivity index (χ0v) is 11.6. The number of anilines is 1. The minimum Gasteiger partial charge on any atom is -0.488 e. The van der Waals surface area contributed by atoms with Crippen LogP contribution in [0.5, 0.6) is 5.75 Å². The van der Waals surface area contributed by atoms with Crippen LogP contribution in [0.25, 0.3) is 0 Å². The Kier molecular flexibility index (Phi) is 5.08. The van der Waals surface area contributed by atoms with Crippen molar-refractivity contribution in [1.29, 1.82) is 0 Å². The van der Waals surface area contributed by atoms with Crippen molar-refractivity contribution in [2.45, 2.75) is 6.92 Å². The van der Waals surface area contributed by atoms with E-state index in [0.29, 0.717) is 0 Å². The van der Waals surface area contributed by atoms with E-state index in [4.69, 9.17) is 4.74 Å². The summed E-state index contributed by atoms with van der Waals surface area (Å²) in [5.74, 6) is -0.498. The molecule has 0 saturated carbocycles. The van der Waals surface area contributed by atoms with E-state index in [1.807, 2.05) is 0 Å². The van der Waals surface area contributed by atoms with E-state index in [0.717, 1.165) is 11.6 Å². The van der Waals surface area contributed by atoms with Crippen molar-refractivity contribution in [1.82, 2.24) is 0 Å². The lowest BCUT2D eigenvalue weighted by molar-refractivity contribution is -0.384. The Morgan fingerprint density at radius 1 is 1.50 bits per heavy atom. The van der Waals surface area contributed by atoms with Crippen LogP contribution in [0, 0.1) is 10.1 Å². The summed E-state index contributed by atoms with van der Waals surface area (Å²) in [6.45, 7) is 5.65. The summed E-state index contributed by atoms with van der Waals surface area (Å²) in [4.78, 5) is 22.1. The molecule has 0 heterocycles. The van der Waals surface area contributed by atoms with Gasteiger partial charge in [0.25, 0.3) is 5.69 Å². The predicted molar refractivity (Wildman–Crippen MR) is 74.3 cm³/mol. The predicted octanol–water partition coefficient (Wildman–Crippen LogP) is 2.38. The van der Waals surface area contributed by atoms with Gasteiger partial charge in [-0.3, -0.25) is 10.1 Å². The minimum atomic E-state index is -0.701. The number of nitrogens with one attached hydrogen (secondary N) is 1. The smallest absolute Gasteiger partial charge is 0.341 e. The van der Waals surface area contributed by atoms with Gasteiger partial charge < -0.3 is 14.8 Å². The Labute approximate surface area is 116 Å². The molecule has 0 amide bonds. The lowest BCUT2D eigenvalue weighted by atomic mass is 10.1. The number of carbonyl (C=O) groups is 1. The topological polar surface area (TPSA) is 90.7 Å². The van der Waals surface area contributed by atoms with Crippen LogP contribution in [0.4, 0.5) is 11.4 Å². The number of benzene rings is 1. The molecule has 0 saturated heterocycles. The standard InChI is InChI=1S/C13H16N2O5/c1-8(2)7-20-12-6-10(14-3)11(15(17)18)5-9(12)13(16)19-4/h5-6,14H,1,7H2,2-4H3. The maximum Gasteiger partial charge on any atom is 0.341 e. The second-order valence-corrected chi connectivity index (χ2v) is 4.11. The molecule has 1 aromatic carbocycles. The third-order valence-electron chi connectivity index (χ3n) is 2.44. The number of methoxy groups -OCH3 is 1. The molecule has 108 valence electrons. The van der Waals surface area contributed by atoms with Crippen LogP contribution >= 0.6 is 0 Å². The first-order chi connectivity index (χ1) is 9.40. The molecule has 0 aliphatic carbocycles. The first-order valence-corrected chi connectivity index (χ1v) is 5.76. The molecule has 0 fully saturated rings. The van der Waals surface area contributed by atoms with Crippen molar-refractivity contribution in [2.24, 2.45) is 0 Å². The monoisotopic (exact) mass is 280 g/mol. The summed E-state index contributed by atoms with van der Waals surface area (Å²) in [7, 11) is 2.74. The molecule has 1 aromatic rings. The fourth-order valence-electron chi connectivity index (χ4n) is 1.51. The van der Waals surface area contributed by atoms with E-state index in [1.54, 1.807) is 14.0 Å². The molecule has 0 atom stereocenters. The maximum absolute atomic E-state index is 11.7. The van der Waals surface area contributed by atoms with Gasteiger partial charge in [-0.15, -0.1) is 0 Å². The number of nitro benzene ring substituents is 1. The largest absolute Gasteiger partial charge is 0.488 e. The summed E-state index contributed by atoms with van der Waals surface area (Å²) < 4.78 is 10.0. The normalized spacial score (nSPS) is 9.75. The molecule has 1 rings (SSSR count). The molecule has 0 radical (unpaired) electrons. The molecule has 7 heteroatoms. The van der Waals surface area contributed by atoms with Crippen molar-refractivity contribution in [2.75, 3.05) is 26.1 Å². The summed E-state index contributed by atoms with van der Waals surface area (Å²) >= 11 is 0. The molecule has 20 heavy (non-hydrogen) atoms. The highest BCUT2D eigenvalue weighted by Crippen LogP contribution is 2.33. The van der Waals surface area contributed by atoms with E-state index >= 15 is 0 Å². The highest BCUT2D eigenvalue weighted by Gasteiger charge is 2.22. The van der Waals surface area contributed by atoms with Crippen LogP contribution in [0.2, 0.25) is 0 Å². The summed E-state index contributed by atoms with van der Waals surface area (Å²) in [5, 5.41) is 13.7. The van der Waals surface area contributed by atoms with E-state index in [9.17, 15) is 14.9 Å². The van der Waals surface area contributed by atoms with Gasteiger partial charge in [0.2, 0.25) is 0 Å². The van der Waals surface area contributed by atoms with Crippen LogP contribution in [0.15, 0.2) is 24.3 Å². The SMILES string of the molecule is C=C(C)COc1cc(NC)c([N+](=O)[O-])cc1C(=O)OC. The molecule has 0 aromatic heterocycles. The fraction of sp³-hybridized carbons (Fsp3) is 0.308. The Morgan fingerprint density at radius 2 is 2.15 bits per heavy atom. The van der Waals surface area contributed by atoms with Gasteiger partial charge in [-0.1, -0.05) is 6.58 Å². The van der Waals surface area contributed by atoms with Gasteiger partial charge in [0.1, 0.15) is 23.6 Å². The van der Waals surface area contributed by atoms with Gasteiger partial charge in [0.05, 0.1) is 12.0 Å². The lowest BCUT2D eigenvalue weighted by Gasteiger charge is -2.12. The maximum atomic E-state index is 11.7. The molecular formula is C13H16N2O5. The highest BCUT2D eigenvalue weighted by atomic mass is 16.6. The molecule has 0 aliphatic heterocycles. The summed E-state index contributed by atoms with van der Waals surface area (Å²) in [6, 6.07) is 2.53. The first kappa shape index (κ1) is 15.5. The summed E-state index contributed by atoms with van der Waals surface area (Å²) in [5.41, 5.74) is 0.777. The quantitative estimate of drug-likeness (QED) is 0.372. The molecule has 0 spiro atoms. The number of ether oxygens (including phenoxy) is 2. The molecule has 0 bridgehead atoms. The van der Waals surface area contributed by atoms with E-state index in [1.165, 1.54) is 13.2 Å². The minimum absolute atomic E-state index is 0.000509. The Balaban J connectivity index is 3.35. The van der Waals surface area contributed by atoms with Gasteiger partial charge >= 0.3 is 5.97 Å². The second kappa shape index (κ2) is 6.55. The van der Waals surface area contributed by atoms with Crippen LogP contribution in [-0.2, 0) is 4.74 Å². The van der Waals surface area contributed by atoms with Crippen molar-refractivity contribution in [3.05, 3.63) is 40.0 Å². The van der Waals surface area contributed by atoms with E-state index in [-0.39, 0.29) is 29.3 Å². The van der Waals surface area contributed by atoms with Crippen LogP contribution in [0.1, 0.15) is 17.3 Å². The molecule has 1 N–H and O–H groups in total. The molecule has 0 unspecified atom stereocenters. The van der Waals surface area contributed by atoms with E-state index in [2.05, 4.69) is 16.6 Å². The van der Waals surface area contributed by atoms with Gasteiger partial charge in [-0.25, -0.2) is 4.79 Å². The van der Waals surface area contributed by atoms with Crippen molar-refractivity contribution < 1.29 is 19.2 Å². The van der Waals surface area contributed by atoms with Crippen LogP contribution < -0.4 is 10.1 Å². The number of nitrogens with zero attached hydrogens (tertiary/aromatic N) is 1. The third kappa shape index (κ3) is 3.47. The van der Waals surface area contributed by atoms with Crippen LogP contribution in [-0.4, -0.2) is 31.7 Å². The van der Waals surface area contributed by atoms with Crippen molar-refractivity contribution >= 4 is 17.3 Å². The molecule has 0 aliphatic rings. The average Bonchev–Trinajstić information content (AvgIpc) is 2.42. The first-order valence-electron chi connectivity index (χ1n) is 5.76.